The van der Waals surface area contributed by atoms with Gasteiger partial charge in [0.1, 0.15) is 0 Å². The van der Waals surface area contributed by atoms with Gasteiger partial charge in [0.15, 0.2) is 0 Å². The van der Waals surface area contributed by atoms with Crippen molar-refractivity contribution in [3.63, 3.8) is 0 Å². The highest BCUT2D eigenvalue weighted by Gasteiger charge is 2.20. The number of hydrogen-bond donors (Lipinski definition) is 1. The van der Waals surface area contributed by atoms with Gasteiger partial charge in [-0.15, -0.1) is 22.2 Å². The number of aliphatic carboxylic acids is 1. The van der Waals surface area contributed by atoms with Crippen LogP contribution in [0.5, 0.6) is 0 Å². The lowest BCUT2D eigenvalue weighted by atomic mass is 10.5. The van der Waals surface area contributed by atoms with Crippen molar-refractivity contribution in [1.82, 2.24) is 0 Å². The lowest BCUT2D eigenvalue weighted by Crippen LogP contribution is -2.13. The highest BCUT2D eigenvalue weighted by atomic mass is 35.7. The van der Waals surface area contributed by atoms with Gasteiger partial charge >= 0.3 is 5.97 Å². The van der Waals surface area contributed by atoms with Crippen molar-refractivity contribution in [2.75, 3.05) is 0 Å². The minimum Gasteiger partial charge on any atom is -0.481 e. The number of carboxylic acids is 1. The molecule has 0 bridgehead atoms. The Balaban J connectivity index is 3.64. The molecule has 0 aromatic heterocycles. The summed E-state index contributed by atoms with van der Waals surface area (Å²) in [5.41, 5.74) is -0.543. The van der Waals surface area contributed by atoms with E-state index in [9.17, 15) is 4.79 Å². The van der Waals surface area contributed by atoms with Crippen LogP contribution in [0.25, 0.3) is 0 Å². The summed E-state index contributed by atoms with van der Waals surface area (Å²) in [6.45, 7) is 1.51. The van der Waals surface area contributed by atoms with E-state index >= 15 is 0 Å². The molecule has 0 saturated carbocycles. The molecule has 1 N–H and O–H groups in total. The van der Waals surface area contributed by atoms with Gasteiger partial charge in [-0.2, -0.15) is 0 Å². The average Bonchev–Trinajstić information content (AvgIpc) is 1.64. The zero-order chi connectivity index (χ0) is 6.73. The van der Waals surface area contributed by atoms with Crippen molar-refractivity contribution in [2.24, 2.45) is 0 Å². The largest absolute Gasteiger partial charge is 0.481 e. The Hall–Kier alpha value is 0.267. The van der Waals surface area contributed by atoms with Crippen LogP contribution in [0, 0.1) is 0 Å². The van der Waals surface area contributed by atoms with Gasteiger partial charge in [-0.25, -0.2) is 0 Å². The molecular weight excluding hydrogens is 167 g/mol. The Labute approximate surface area is 58.4 Å². The third kappa shape index (κ3) is 2.54. The molecule has 0 amide bonds. The summed E-state index contributed by atoms with van der Waals surface area (Å²) in [7, 11) is -1.98. The van der Waals surface area contributed by atoms with Crippen LogP contribution in [-0.2, 0) is 4.79 Å². The predicted molar refractivity (Wildman–Crippen MR) is 35.9 cm³/mol. The molecule has 0 aliphatic rings. The first kappa shape index (κ1) is 8.27. The van der Waals surface area contributed by atoms with E-state index in [0.29, 0.717) is 0 Å². The molecule has 5 heteroatoms. The quantitative estimate of drug-likeness (QED) is 0.502. The Bertz CT molecular complexity index is 95.3. The lowest BCUT2D eigenvalue weighted by Gasteiger charge is -2.01. The molecule has 0 aromatic carbocycles. The van der Waals surface area contributed by atoms with Crippen LogP contribution in [0.2, 0.25) is 5.54 Å². The number of rotatable bonds is 2. The smallest absolute Gasteiger partial charge is 0.305 e. The first-order chi connectivity index (χ1) is 3.55. The topological polar surface area (TPSA) is 37.3 Å². The summed E-state index contributed by atoms with van der Waals surface area (Å²) in [6, 6.07) is 0. The Morgan fingerprint density at radius 3 is 2.12 bits per heavy atom. The van der Waals surface area contributed by atoms with Gasteiger partial charge in [-0.3, -0.25) is 4.79 Å². The van der Waals surface area contributed by atoms with Crippen LogP contribution in [-0.4, -0.2) is 18.5 Å². The van der Waals surface area contributed by atoms with Gasteiger partial charge in [0.2, 0.25) is 0 Å². The number of carbonyl (C=O) groups is 1. The third-order valence-electron chi connectivity index (χ3n) is 0.767. The van der Waals surface area contributed by atoms with Crippen LogP contribution >= 0.6 is 22.2 Å². The van der Waals surface area contributed by atoms with Gasteiger partial charge in [0.05, 0.1) is 5.54 Å². The normalized spacial score (nSPS) is 14.0. The number of hydrogen-bond acceptors (Lipinski definition) is 1. The highest BCUT2D eigenvalue weighted by Crippen LogP contribution is 2.15. The first-order valence-electron chi connectivity index (χ1n) is 2.06. The van der Waals surface area contributed by atoms with E-state index in [1.54, 1.807) is 0 Å². The van der Waals surface area contributed by atoms with Gasteiger partial charge in [-0.1, -0.05) is 6.92 Å². The fraction of sp³-hybridized carbons (Fsp3) is 0.667. The molecule has 0 radical (unpaired) electrons. The van der Waals surface area contributed by atoms with Gasteiger partial charge in [0.25, 0.3) is 7.42 Å². The monoisotopic (exact) mass is 172 g/mol. The van der Waals surface area contributed by atoms with Crippen molar-refractivity contribution >= 4 is 35.5 Å². The molecule has 0 saturated heterocycles. The molecule has 0 aliphatic carbocycles. The van der Waals surface area contributed by atoms with Gasteiger partial charge in [0, 0.05) is 0 Å². The van der Waals surface area contributed by atoms with E-state index in [1.807, 2.05) is 0 Å². The zero-order valence-electron chi connectivity index (χ0n) is 4.27. The molecule has 0 fully saturated rings. The summed E-state index contributed by atoms with van der Waals surface area (Å²) in [6.07, 6.45) is 0. The second kappa shape index (κ2) is 3.32. The van der Waals surface area contributed by atoms with Crippen LogP contribution < -0.4 is 0 Å². The molecule has 0 rings (SSSR count). The third-order valence-corrected chi connectivity index (χ3v) is 4.08. The van der Waals surface area contributed by atoms with E-state index in [1.165, 1.54) is 6.92 Å². The highest BCUT2D eigenvalue weighted by molar-refractivity contribution is 7.35. The molecular formula is C3H6Cl2O2Si. The minimum atomic E-state index is -1.98. The van der Waals surface area contributed by atoms with Crippen molar-refractivity contribution in [1.29, 1.82) is 0 Å². The van der Waals surface area contributed by atoms with Crippen molar-refractivity contribution in [2.45, 2.75) is 12.5 Å². The Morgan fingerprint density at radius 1 is 1.75 bits per heavy atom. The fourth-order valence-corrected chi connectivity index (χ4v) is 0.970. The van der Waals surface area contributed by atoms with Crippen LogP contribution in [0.15, 0.2) is 0 Å². The summed E-state index contributed by atoms with van der Waals surface area (Å²) in [5.74, 6) is -0.910. The molecule has 48 valence electrons. The molecule has 1 unspecified atom stereocenters. The Kier molecular flexibility index (Phi) is 3.43. The number of halogens is 2. The van der Waals surface area contributed by atoms with Crippen molar-refractivity contribution < 1.29 is 9.90 Å². The zero-order valence-corrected chi connectivity index (χ0v) is 6.93. The second-order valence-corrected chi connectivity index (χ2v) is 6.62. The van der Waals surface area contributed by atoms with Crippen LogP contribution in [0.4, 0.5) is 0 Å². The molecule has 1 atom stereocenters. The van der Waals surface area contributed by atoms with Crippen LogP contribution in [0.1, 0.15) is 6.92 Å². The van der Waals surface area contributed by atoms with Crippen molar-refractivity contribution in [3.05, 3.63) is 0 Å². The molecule has 2 nitrogen and oxygen atoms in total. The average molecular weight is 173 g/mol. The maximum Gasteiger partial charge on any atom is 0.305 e. The summed E-state index contributed by atoms with van der Waals surface area (Å²) in [4.78, 5) is 10.0. The standard InChI is InChI=1S/C3H6Cl2O2Si/c1-2(3(6)7)8(4)5/h2,8H,1H3,(H,6,7). The van der Waals surface area contributed by atoms with E-state index in [2.05, 4.69) is 0 Å². The Morgan fingerprint density at radius 2 is 2.12 bits per heavy atom. The van der Waals surface area contributed by atoms with Crippen molar-refractivity contribution in [3.8, 4) is 0 Å². The van der Waals surface area contributed by atoms with Gasteiger partial charge in [-0.05, 0) is 0 Å². The second-order valence-electron chi connectivity index (χ2n) is 1.46. The lowest BCUT2D eigenvalue weighted by molar-refractivity contribution is -0.136. The molecule has 0 heterocycles. The minimum absolute atomic E-state index is 0.543. The van der Waals surface area contributed by atoms with Gasteiger partial charge < -0.3 is 5.11 Å². The molecule has 8 heavy (non-hydrogen) atoms. The molecule has 0 aliphatic heterocycles. The molecule has 0 spiro atoms. The maximum atomic E-state index is 10.0. The summed E-state index contributed by atoms with van der Waals surface area (Å²) < 4.78 is 0. The summed E-state index contributed by atoms with van der Waals surface area (Å²) in [5, 5.41) is 8.22. The van der Waals surface area contributed by atoms with E-state index < -0.39 is 18.9 Å². The predicted octanol–water partition coefficient (Wildman–Crippen LogP) is 1.16. The first-order valence-corrected chi connectivity index (χ1v) is 6.22. The van der Waals surface area contributed by atoms with E-state index in [0.717, 1.165) is 0 Å². The van der Waals surface area contributed by atoms with Crippen LogP contribution in [0.3, 0.4) is 0 Å². The summed E-state index contributed by atoms with van der Waals surface area (Å²) >= 11 is 10.7. The molecule has 0 aromatic rings. The SMILES string of the molecule is CC(C(=O)O)[SiH](Cl)Cl. The maximum absolute atomic E-state index is 10.0. The van der Waals surface area contributed by atoms with E-state index in [4.69, 9.17) is 27.3 Å². The number of carboxylic acid groups (broad SMARTS) is 1. The fourth-order valence-electron chi connectivity index (χ4n) is 0.108. The van der Waals surface area contributed by atoms with E-state index in [-0.39, 0.29) is 0 Å².